The molecule has 0 fully saturated rings. The number of ether oxygens (including phenoxy) is 4. The van der Waals surface area contributed by atoms with Crippen LogP contribution in [0.25, 0.3) is 10.9 Å². The third kappa shape index (κ3) is 5.18. The highest BCUT2D eigenvalue weighted by molar-refractivity contribution is 5.92. The normalized spacial score (nSPS) is 12.8. The van der Waals surface area contributed by atoms with Crippen LogP contribution in [0.1, 0.15) is 46.3 Å². The van der Waals surface area contributed by atoms with Gasteiger partial charge in [0.15, 0.2) is 11.5 Å². The van der Waals surface area contributed by atoms with Crippen LogP contribution in [0, 0.1) is 0 Å². The number of amides is 1. The second kappa shape index (κ2) is 11.4. The summed E-state index contributed by atoms with van der Waals surface area (Å²) < 4.78 is 21.5. The Hall–Kier alpha value is -4.93. The number of H-pyrrole nitrogens is 2. The van der Waals surface area contributed by atoms with Gasteiger partial charge in [-0.3, -0.25) is 9.59 Å². The maximum atomic E-state index is 13.2. The maximum Gasteiger partial charge on any atom is 0.343 e. The Morgan fingerprint density at radius 3 is 2.77 bits per heavy atom. The monoisotopic (exact) mass is 547 g/mol. The smallest absolute Gasteiger partial charge is 0.343 e. The van der Waals surface area contributed by atoms with Crippen molar-refractivity contribution in [2.45, 2.75) is 25.7 Å². The topological polar surface area (TPSA) is 152 Å². The van der Waals surface area contributed by atoms with E-state index in [1.807, 2.05) is 30.5 Å². The highest BCUT2D eigenvalue weighted by Crippen LogP contribution is 2.45. The number of aromatic amines is 2. The lowest BCUT2D eigenvalue weighted by Gasteiger charge is -2.20. The van der Waals surface area contributed by atoms with Crippen LogP contribution in [0.2, 0.25) is 0 Å². The molecule has 1 amide bonds. The number of hydrogen-bond donors (Lipinski definition) is 4. The van der Waals surface area contributed by atoms with Gasteiger partial charge >= 0.3 is 5.97 Å². The quantitative estimate of drug-likeness (QED) is 0.221. The fraction of sp³-hybridized carbons (Fsp3) is 0.276. The molecule has 11 heteroatoms. The largest absolute Gasteiger partial charge is 0.506 e. The van der Waals surface area contributed by atoms with Gasteiger partial charge in [0.2, 0.25) is 18.4 Å². The molecule has 0 radical (unpaired) electrons. The molecule has 40 heavy (non-hydrogen) atoms. The fourth-order valence-electron chi connectivity index (χ4n) is 4.89. The minimum Gasteiger partial charge on any atom is -0.506 e. The predicted octanol–water partition coefficient (Wildman–Crippen LogP) is 3.36. The average Bonchev–Trinajstić information content (AvgIpc) is 3.59. The van der Waals surface area contributed by atoms with Gasteiger partial charge in [-0.25, -0.2) is 4.79 Å². The molecule has 11 nitrogen and oxygen atoms in total. The van der Waals surface area contributed by atoms with Gasteiger partial charge in [0, 0.05) is 42.2 Å². The van der Waals surface area contributed by atoms with Crippen molar-refractivity contribution in [1.82, 2.24) is 15.3 Å². The Bertz CT molecular complexity index is 1620. The molecule has 1 atom stereocenters. The fourth-order valence-corrected chi connectivity index (χ4v) is 4.89. The van der Waals surface area contributed by atoms with Gasteiger partial charge < -0.3 is 39.3 Å². The molecule has 5 rings (SSSR count). The van der Waals surface area contributed by atoms with Gasteiger partial charge in [0.25, 0.3) is 5.56 Å². The zero-order valence-electron chi connectivity index (χ0n) is 22.0. The van der Waals surface area contributed by atoms with E-state index in [9.17, 15) is 19.5 Å². The number of carbonyl (C=O) groups excluding carboxylic acids is 2. The number of para-hydroxylation sites is 1. The van der Waals surface area contributed by atoms with E-state index in [4.69, 9.17) is 18.9 Å². The van der Waals surface area contributed by atoms with Crippen molar-refractivity contribution in [3.63, 3.8) is 0 Å². The van der Waals surface area contributed by atoms with Gasteiger partial charge in [0.1, 0.15) is 11.3 Å². The van der Waals surface area contributed by atoms with Crippen LogP contribution in [0.15, 0.2) is 53.6 Å². The number of carbonyl (C=O) groups is 2. The summed E-state index contributed by atoms with van der Waals surface area (Å²) in [5.74, 6) is -1.58. The Labute approximate surface area is 229 Å². The van der Waals surface area contributed by atoms with Crippen molar-refractivity contribution in [3.8, 4) is 23.0 Å². The van der Waals surface area contributed by atoms with Gasteiger partial charge in [-0.05, 0) is 42.7 Å². The third-order valence-corrected chi connectivity index (χ3v) is 6.81. The zero-order chi connectivity index (χ0) is 28.2. The van der Waals surface area contributed by atoms with Crippen LogP contribution < -0.4 is 25.1 Å². The lowest BCUT2D eigenvalue weighted by molar-refractivity contribution is -0.121. The lowest BCUT2D eigenvalue weighted by atomic mass is 9.87. The maximum absolute atomic E-state index is 13.2. The number of nitrogens with one attached hydrogen (secondary N) is 3. The van der Waals surface area contributed by atoms with E-state index in [0.717, 1.165) is 22.7 Å². The molecular weight excluding hydrogens is 518 g/mol. The summed E-state index contributed by atoms with van der Waals surface area (Å²) in [7, 11) is 1.46. The van der Waals surface area contributed by atoms with Gasteiger partial charge in [-0.15, -0.1) is 0 Å². The standard InChI is InChI=1S/C29H29N3O8/c1-3-38-29(36)20-14-32-28(35)25(26(20)34)19(17-10-22(37-2)27-23(11-17)39-15-40-27)12-24(33)30-9-8-16-13-31-21-7-5-4-6-18(16)21/h4-7,10-11,13-14,19,31H,3,8-9,12,15H2,1-2H3,(H,30,33)(H2,32,34,35). The van der Waals surface area contributed by atoms with Crippen LogP contribution >= 0.6 is 0 Å². The predicted molar refractivity (Wildman–Crippen MR) is 145 cm³/mol. The lowest BCUT2D eigenvalue weighted by Crippen LogP contribution is -2.29. The minimum absolute atomic E-state index is 0.0156. The number of hydrogen-bond acceptors (Lipinski definition) is 8. The Balaban J connectivity index is 1.46. The third-order valence-electron chi connectivity index (χ3n) is 6.81. The number of aromatic hydroxyl groups is 1. The molecular formula is C29H29N3O8. The summed E-state index contributed by atoms with van der Waals surface area (Å²) in [4.78, 5) is 44.5. The molecule has 2 aromatic heterocycles. The molecule has 4 aromatic rings. The van der Waals surface area contributed by atoms with Crippen LogP contribution in [-0.4, -0.2) is 54.0 Å². The summed E-state index contributed by atoms with van der Waals surface area (Å²) in [5.41, 5.74) is 1.50. The van der Waals surface area contributed by atoms with E-state index < -0.39 is 23.2 Å². The summed E-state index contributed by atoms with van der Waals surface area (Å²) in [6.45, 7) is 2.04. The van der Waals surface area contributed by atoms with Gasteiger partial charge in [-0.1, -0.05) is 18.2 Å². The van der Waals surface area contributed by atoms with Crippen molar-refractivity contribution in [1.29, 1.82) is 0 Å². The molecule has 0 spiro atoms. The number of rotatable bonds is 10. The molecule has 1 aliphatic rings. The second-order valence-corrected chi connectivity index (χ2v) is 9.19. The first-order chi connectivity index (χ1) is 19.4. The first kappa shape index (κ1) is 26.7. The molecule has 208 valence electrons. The minimum atomic E-state index is -0.963. The van der Waals surface area contributed by atoms with Crippen molar-refractivity contribution < 1.29 is 33.6 Å². The summed E-state index contributed by atoms with van der Waals surface area (Å²) in [6.07, 6.45) is 3.39. The van der Waals surface area contributed by atoms with E-state index in [1.54, 1.807) is 19.1 Å². The van der Waals surface area contributed by atoms with E-state index in [-0.39, 0.29) is 36.9 Å². The summed E-state index contributed by atoms with van der Waals surface area (Å²) >= 11 is 0. The Kier molecular flexibility index (Phi) is 7.63. The number of fused-ring (bicyclic) bond motifs is 2. The first-order valence-corrected chi connectivity index (χ1v) is 12.8. The molecule has 2 aromatic carbocycles. The molecule has 0 bridgehead atoms. The molecule has 0 saturated carbocycles. The van der Waals surface area contributed by atoms with Crippen LogP contribution in [0.3, 0.4) is 0 Å². The molecule has 0 aliphatic carbocycles. The molecule has 3 heterocycles. The molecule has 1 unspecified atom stereocenters. The van der Waals surface area contributed by atoms with Crippen molar-refractivity contribution in [2.24, 2.45) is 0 Å². The van der Waals surface area contributed by atoms with E-state index >= 15 is 0 Å². The van der Waals surface area contributed by atoms with Crippen molar-refractivity contribution >= 4 is 22.8 Å². The van der Waals surface area contributed by atoms with E-state index in [0.29, 0.717) is 35.8 Å². The first-order valence-electron chi connectivity index (χ1n) is 12.8. The number of esters is 1. The van der Waals surface area contributed by atoms with Crippen molar-refractivity contribution in [3.05, 3.63) is 81.4 Å². The molecule has 1 aliphatic heterocycles. The van der Waals surface area contributed by atoms with Crippen LogP contribution in [0.5, 0.6) is 23.0 Å². The van der Waals surface area contributed by atoms with Crippen molar-refractivity contribution in [2.75, 3.05) is 27.1 Å². The molecule has 4 N–H and O–H groups in total. The molecule has 0 saturated heterocycles. The SMILES string of the molecule is CCOC(=O)c1c[nH]c(=O)c(C(CC(=O)NCCc2c[nH]c3ccccc23)c2cc(OC)c3c(c2)OCO3)c1O. The van der Waals surface area contributed by atoms with Crippen LogP contribution in [0.4, 0.5) is 0 Å². The Morgan fingerprint density at radius 2 is 1.98 bits per heavy atom. The van der Waals surface area contributed by atoms with Gasteiger partial charge in [-0.2, -0.15) is 0 Å². The number of pyridine rings is 1. The summed E-state index contributed by atoms with van der Waals surface area (Å²) in [6, 6.07) is 11.1. The van der Waals surface area contributed by atoms with E-state index in [1.165, 1.54) is 7.11 Å². The second-order valence-electron chi connectivity index (χ2n) is 9.19. The number of aromatic nitrogens is 2. The van der Waals surface area contributed by atoms with Crippen LogP contribution in [-0.2, 0) is 16.0 Å². The Morgan fingerprint density at radius 1 is 1.15 bits per heavy atom. The number of benzene rings is 2. The summed E-state index contributed by atoms with van der Waals surface area (Å²) in [5, 5.41) is 15.1. The average molecular weight is 548 g/mol. The zero-order valence-corrected chi connectivity index (χ0v) is 22.0. The number of methoxy groups -OCH3 is 1. The highest BCUT2D eigenvalue weighted by atomic mass is 16.7. The highest BCUT2D eigenvalue weighted by Gasteiger charge is 2.31. The van der Waals surface area contributed by atoms with E-state index in [2.05, 4.69) is 15.3 Å². The van der Waals surface area contributed by atoms with Gasteiger partial charge in [0.05, 0.1) is 19.3 Å².